The second-order valence-corrected chi connectivity index (χ2v) is 8.31. The van der Waals surface area contributed by atoms with Crippen LogP contribution in [0.15, 0.2) is 24.3 Å². The van der Waals surface area contributed by atoms with Crippen LogP contribution in [0.3, 0.4) is 0 Å². The second kappa shape index (κ2) is 9.89. The van der Waals surface area contributed by atoms with Crippen molar-refractivity contribution >= 4 is 33.2 Å². The molecule has 1 N–H and O–H groups in total. The Morgan fingerprint density at radius 3 is 2.38 bits per heavy atom. The fourth-order valence-corrected chi connectivity index (χ4v) is 3.38. The number of nitrogens with one attached hydrogen (secondary N) is 1. The first kappa shape index (κ1) is 20.8. The third-order valence-corrected chi connectivity index (χ3v) is 5.33. The standard InChI is InChI=1S/C17H27ClN2O3S/c1-4-6-7-14(5-2)12-19-17(21)13-20(24(3,22)23)16-10-8-15(18)9-11-16/h8-11,14H,4-7,12-13H2,1-3H3,(H,19,21)/t14-/m1/s1. The van der Waals surface area contributed by atoms with Crippen LogP contribution in [-0.4, -0.2) is 33.7 Å². The van der Waals surface area contributed by atoms with Crippen molar-refractivity contribution in [2.75, 3.05) is 23.7 Å². The monoisotopic (exact) mass is 374 g/mol. The van der Waals surface area contributed by atoms with Gasteiger partial charge in [-0.15, -0.1) is 0 Å². The zero-order valence-electron chi connectivity index (χ0n) is 14.6. The lowest BCUT2D eigenvalue weighted by Crippen LogP contribution is -2.41. The first-order valence-corrected chi connectivity index (χ1v) is 10.5. The van der Waals surface area contributed by atoms with Crippen molar-refractivity contribution in [3.63, 3.8) is 0 Å². The number of halogens is 1. The van der Waals surface area contributed by atoms with Crippen molar-refractivity contribution in [1.29, 1.82) is 0 Å². The summed E-state index contributed by atoms with van der Waals surface area (Å²) < 4.78 is 25.1. The zero-order valence-corrected chi connectivity index (χ0v) is 16.2. The maximum Gasteiger partial charge on any atom is 0.240 e. The van der Waals surface area contributed by atoms with Gasteiger partial charge in [0.2, 0.25) is 15.9 Å². The number of hydrogen-bond donors (Lipinski definition) is 1. The fourth-order valence-electron chi connectivity index (χ4n) is 2.40. The fraction of sp³-hybridized carbons (Fsp3) is 0.588. The Morgan fingerprint density at radius 2 is 1.88 bits per heavy atom. The number of benzene rings is 1. The lowest BCUT2D eigenvalue weighted by molar-refractivity contribution is -0.119. The van der Waals surface area contributed by atoms with Crippen LogP contribution in [-0.2, 0) is 14.8 Å². The highest BCUT2D eigenvalue weighted by atomic mass is 35.5. The van der Waals surface area contributed by atoms with Gasteiger partial charge in [-0.25, -0.2) is 8.42 Å². The van der Waals surface area contributed by atoms with Gasteiger partial charge in [0.1, 0.15) is 6.54 Å². The summed E-state index contributed by atoms with van der Waals surface area (Å²) in [6.45, 7) is 4.59. The molecule has 1 atom stereocenters. The predicted molar refractivity (Wildman–Crippen MR) is 100.0 cm³/mol. The smallest absolute Gasteiger partial charge is 0.240 e. The van der Waals surface area contributed by atoms with Crippen LogP contribution < -0.4 is 9.62 Å². The molecule has 1 rings (SSSR count). The molecule has 0 aliphatic carbocycles. The van der Waals surface area contributed by atoms with Gasteiger partial charge in [0, 0.05) is 11.6 Å². The Hall–Kier alpha value is -1.27. The third kappa shape index (κ3) is 7.09. The van der Waals surface area contributed by atoms with Crippen LogP contribution in [0.1, 0.15) is 39.5 Å². The number of rotatable bonds is 10. The van der Waals surface area contributed by atoms with E-state index in [-0.39, 0.29) is 12.5 Å². The topological polar surface area (TPSA) is 66.5 Å². The summed E-state index contributed by atoms with van der Waals surface area (Å²) in [6.07, 6.45) is 5.41. The highest BCUT2D eigenvalue weighted by Gasteiger charge is 2.21. The van der Waals surface area contributed by atoms with E-state index in [0.717, 1.165) is 36.2 Å². The van der Waals surface area contributed by atoms with E-state index < -0.39 is 10.0 Å². The summed E-state index contributed by atoms with van der Waals surface area (Å²) in [6, 6.07) is 6.38. The highest BCUT2D eigenvalue weighted by molar-refractivity contribution is 7.92. The van der Waals surface area contributed by atoms with E-state index in [2.05, 4.69) is 19.2 Å². The molecule has 0 unspecified atom stereocenters. The van der Waals surface area contributed by atoms with Gasteiger partial charge < -0.3 is 5.32 Å². The number of sulfonamides is 1. The molecule has 0 fully saturated rings. The van der Waals surface area contributed by atoms with Crippen molar-refractivity contribution in [1.82, 2.24) is 5.32 Å². The van der Waals surface area contributed by atoms with Gasteiger partial charge in [0.05, 0.1) is 11.9 Å². The highest BCUT2D eigenvalue weighted by Crippen LogP contribution is 2.20. The molecule has 136 valence electrons. The molecule has 0 bridgehead atoms. The molecule has 1 amide bonds. The molecule has 0 spiro atoms. The van der Waals surface area contributed by atoms with Crippen LogP contribution >= 0.6 is 11.6 Å². The molecule has 24 heavy (non-hydrogen) atoms. The van der Waals surface area contributed by atoms with Gasteiger partial charge in [0.15, 0.2) is 0 Å². The maximum atomic E-state index is 12.2. The SMILES string of the molecule is CCCC[C@@H](CC)CNC(=O)CN(c1ccc(Cl)cc1)S(C)(=O)=O. The van der Waals surface area contributed by atoms with E-state index in [9.17, 15) is 13.2 Å². The van der Waals surface area contributed by atoms with E-state index in [1.54, 1.807) is 24.3 Å². The Balaban J connectivity index is 2.70. The molecular weight excluding hydrogens is 348 g/mol. The Morgan fingerprint density at radius 1 is 1.25 bits per heavy atom. The summed E-state index contributed by atoms with van der Waals surface area (Å²) >= 11 is 5.83. The number of carbonyl (C=O) groups is 1. The lowest BCUT2D eigenvalue weighted by atomic mass is 9.99. The minimum Gasteiger partial charge on any atom is -0.354 e. The molecule has 1 aromatic carbocycles. The number of hydrogen-bond acceptors (Lipinski definition) is 3. The van der Waals surface area contributed by atoms with Gasteiger partial charge in [0.25, 0.3) is 0 Å². The van der Waals surface area contributed by atoms with Crippen LogP contribution in [0.25, 0.3) is 0 Å². The molecular formula is C17H27ClN2O3S. The molecule has 0 heterocycles. The van der Waals surface area contributed by atoms with E-state index in [1.165, 1.54) is 0 Å². The van der Waals surface area contributed by atoms with Crippen molar-refractivity contribution in [2.24, 2.45) is 5.92 Å². The van der Waals surface area contributed by atoms with E-state index in [0.29, 0.717) is 23.2 Å². The average Bonchev–Trinajstić information content (AvgIpc) is 2.53. The van der Waals surface area contributed by atoms with E-state index in [1.807, 2.05) is 0 Å². The van der Waals surface area contributed by atoms with Crippen LogP contribution in [0, 0.1) is 5.92 Å². The summed E-state index contributed by atoms with van der Waals surface area (Å²) in [5, 5.41) is 3.37. The van der Waals surface area contributed by atoms with E-state index in [4.69, 9.17) is 11.6 Å². The number of amides is 1. The largest absolute Gasteiger partial charge is 0.354 e. The molecule has 7 heteroatoms. The molecule has 0 aliphatic rings. The summed E-state index contributed by atoms with van der Waals surface area (Å²) in [5.41, 5.74) is 0.426. The van der Waals surface area contributed by atoms with Crippen LogP contribution in [0.5, 0.6) is 0 Å². The van der Waals surface area contributed by atoms with Crippen molar-refractivity contribution in [3.8, 4) is 0 Å². The summed E-state index contributed by atoms with van der Waals surface area (Å²) in [5.74, 6) is 0.126. The molecule has 0 radical (unpaired) electrons. The quantitative estimate of drug-likeness (QED) is 0.682. The van der Waals surface area contributed by atoms with Gasteiger partial charge >= 0.3 is 0 Å². The maximum absolute atomic E-state index is 12.2. The number of anilines is 1. The Kier molecular flexibility index (Phi) is 8.56. The van der Waals surface area contributed by atoms with Crippen molar-refractivity contribution < 1.29 is 13.2 Å². The van der Waals surface area contributed by atoms with Gasteiger partial charge in [-0.3, -0.25) is 9.10 Å². The van der Waals surface area contributed by atoms with Gasteiger partial charge in [-0.05, 0) is 36.6 Å². The predicted octanol–water partition coefficient (Wildman–Crippen LogP) is 3.44. The normalized spacial score (nSPS) is 12.7. The Labute approximate surface area is 150 Å². The zero-order chi connectivity index (χ0) is 18.2. The second-order valence-electron chi connectivity index (χ2n) is 5.97. The average molecular weight is 375 g/mol. The number of nitrogens with zero attached hydrogens (tertiary/aromatic N) is 1. The first-order valence-electron chi connectivity index (χ1n) is 8.27. The third-order valence-electron chi connectivity index (χ3n) is 3.93. The molecule has 0 aromatic heterocycles. The minimum atomic E-state index is -3.55. The molecule has 5 nitrogen and oxygen atoms in total. The van der Waals surface area contributed by atoms with Gasteiger partial charge in [-0.2, -0.15) is 0 Å². The number of carbonyl (C=O) groups excluding carboxylic acids is 1. The van der Waals surface area contributed by atoms with Crippen LogP contribution in [0.4, 0.5) is 5.69 Å². The summed E-state index contributed by atoms with van der Waals surface area (Å²) in [4.78, 5) is 12.2. The first-order chi connectivity index (χ1) is 11.3. The molecule has 0 saturated heterocycles. The van der Waals surface area contributed by atoms with Gasteiger partial charge in [-0.1, -0.05) is 44.7 Å². The molecule has 0 saturated carbocycles. The molecule has 1 aromatic rings. The van der Waals surface area contributed by atoms with Crippen molar-refractivity contribution in [3.05, 3.63) is 29.3 Å². The Bertz CT molecular complexity index is 617. The van der Waals surface area contributed by atoms with E-state index >= 15 is 0 Å². The van der Waals surface area contributed by atoms with Crippen molar-refractivity contribution in [2.45, 2.75) is 39.5 Å². The number of unbranched alkanes of at least 4 members (excludes halogenated alkanes) is 1. The lowest BCUT2D eigenvalue weighted by Gasteiger charge is -2.23. The van der Waals surface area contributed by atoms with Crippen LogP contribution in [0.2, 0.25) is 5.02 Å². The summed E-state index contributed by atoms with van der Waals surface area (Å²) in [7, 11) is -3.55. The minimum absolute atomic E-state index is 0.231. The molecule has 0 aliphatic heterocycles.